The molecule has 12 heavy (non-hydrogen) atoms. The Kier molecular flexibility index (Phi) is 2.45. The van der Waals surface area contributed by atoms with Crippen LogP contribution in [0.3, 0.4) is 0 Å². The van der Waals surface area contributed by atoms with Gasteiger partial charge in [0.2, 0.25) is 5.91 Å². The van der Waals surface area contributed by atoms with Gasteiger partial charge < -0.3 is 5.32 Å². The summed E-state index contributed by atoms with van der Waals surface area (Å²) in [6.45, 7) is 8.26. The molecule has 0 aliphatic heterocycles. The van der Waals surface area contributed by atoms with E-state index in [1.54, 1.807) is 0 Å². The summed E-state index contributed by atoms with van der Waals surface area (Å²) in [6.07, 6.45) is 2.14. The van der Waals surface area contributed by atoms with E-state index >= 15 is 0 Å². The Bertz CT molecular complexity index is 175. The van der Waals surface area contributed by atoms with Crippen LogP contribution in [0.4, 0.5) is 0 Å². The van der Waals surface area contributed by atoms with Crippen LogP contribution >= 0.6 is 0 Å². The predicted octanol–water partition coefficient (Wildman–Crippen LogP) is 1.95. The zero-order chi connectivity index (χ0) is 9.35. The highest BCUT2D eigenvalue weighted by Gasteiger charge is 2.32. The molecule has 0 radical (unpaired) electrons. The van der Waals surface area contributed by atoms with Crippen molar-refractivity contribution in [1.82, 2.24) is 5.32 Å². The Balaban J connectivity index is 2.30. The first-order valence-electron chi connectivity index (χ1n) is 4.70. The molecule has 0 bridgehead atoms. The van der Waals surface area contributed by atoms with Gasteiger partial charge in [0.1, 0.15) is 0 Å². The molecular weight excluding hydrogens is 150 g/mol. The smallest absolute Gasteiger partial charge is 0.223 e. The molecular formula is C10H19NO. The van der Waals surface area contributed by atoms with E-state index in [-0.39, 0.29) is 11.4 Å². The lowest BCUT2D eigenvalue weighted by atomic mass is 9.75. The van der Waals surface area contributed by atoms with E-state index in [0.717, 1.165) is 18.8 Å². The van der Waals surface area contributed by atoms with E-state index in [0.29, 0.717) is 5.92 Å². The van der Waals surface area contributed by atoms with Gasteiger partial charge in [-0.15, -0.1) is 0 Å². The predicted molar refractivity (Wildman–Crippen MR) is 49.8 cm³/mol. The van der Waals surface area contributed by atoms with Gasteiger partial charge in [0.15, 0.2) is 0 Å². The lowest BCUT2D eigenvalue weighted by molar-refractivity contribution is -0.130. The fourth-order valence-corrected chi connectivity index (χ4v) is 1.59. The summed E-state index contributed by atoms with van der Waals surface area (Å²) in [5, 5.41) is 3.00. The summed E-state index contributed by atoms with van der Waals surface area (Å²) in [5.41, 5.74) is -0.0735. The topological polar surface area (TPSA) is 29.1 Å². The molecule has 0 unspecified atom stereocenters. The normalized spacial score (nSPS) is 29.3. The van der Waals surface area contributed by atoms with Crippen molar-refractivity contribution in [3.63, 3.8) is 0 Å². The minimum Gasteiger partial charge on any atom is -0.351 e. The van der Waals surface area contributed by atoms with E-state index in [9.17, 15) is 4.79 Å². The minimum atomic E-state index is -0.0735. The van der Waals surface area contributed by atoms with Gasteiger partial charge in [-0.3, -0.25) is 4.79 Å². The number of hydrogen-bond acceptors (Lipinski definition) is 1. The number of amides is 1. The minimum absolute atomic E-state index is 0.0735. The van der Waals surface area contributed by atoms with E-state index in [4.69, 9.17) is 0 Å². The first-order valence-corrected chi connectivity index (χ1v) is 4.70. The maximum atomic E-state index is 11.5. The van der Waals surface area contributed by atoms with Crippen LogP contribution in [0.2, 0.25) is 0 Å². The average molecular weight is 169 g/mol. The lowest BCUT2D eigenvalue weighted by Gasteiger charge is -2.34. The molecule has 0 aromatic rings. The molecule has 1 aliphatic rings. The standard InChI is InChI=1S/C10H19NO/c1-7-5-8(6-7)9(12)11-10(2,3)4/h7-8H,5-6H2,1-4H3,(H,11,12). The van der Waals surface area contributed by atoms with Crippen LogP contribution in [0, 0.1) is 11.8 Å². The third-order valence-corrected chi connectivity index (χ3v) is 2.24. The summed E-state index contributed by atoms with van der Waals surface area (Å²) >= 11 is 0. The van der Waals surface area contributed by atoms with Crippen LogP contribution in [0.5, 0.6) is 0 Å². The van der Waals surface area contributed by atoms with Crippen LogP contribution in [0.25, 0.3) is 0 Å². The molecule has 1 N–H and O–H groups in total. The van der Waals surface area contributed by atoms with Crippen LogP contribution in [-0.4, -0.2) is 11.4 Å². The second-order valence-electron chi connectivity index (χ2n) is 5.01. The van der Waals surface area contributed by atoms with Crippen molar-refractivity contribution in [2.75, 3.05) is 0 Å². The van der Waals surface area contributed by atoms with Gasteiger partial charge >= 0.3 is 0 Å². The number of rotatable bonds is 1. The Morgan fingerprint density at radius 1 is 1.33 bits per heavy atom. The van der Waals surface area contributed by atoms with Crippen LogP contribution in [-0.2, 0) is 4.79 Å². The molecule has 2 heteroatoms. The Hall–Kier alpha value is -0.530. The molecule has 2 nitrogen and oxygen atoms in total. The van der Waals surface area contributed by atoms with Crippen LogP contribution < -0.4 is 5.32 Å². The highest BCUT2D eigenvalue weighted by Crippen LogP contribution is 2.33. The van der Waals surface area contributed by atoms with Gasteiger partial charge in [-0.25, -0.2) is 0 Å². The average Bonchev–Trinajstić information content (AvgIpc) is 1.76. The molecule has 0 aromatic heterocycles. The van der Waals surface area contributed by atoms with Crippen molar-refractivity contribution in [3.8, 4) is 0 Å². The van der Waals surface area contributed by atoms with Gasteiger partial charge in [-0.2, -0.15) is 0 Å². The number of carbonyl (C=O) groups is 1. The van der Waals surface area contributed by atoms with E-state index in [2.05, 4.69) is 12.2 Å². The SMILES string of the molecule is CC1CC(C(=O)NC(C)(C)C)C1. The van der Waals surface area contributed by atoms with Crippen molar-refractivity contribution in [3.05, 3.63) is 0 Å². The molecule has 1 rings (SSSR count). The third-order valence-electron chi connectivity index (χ3n) is 2.24. The maximum absolute atomic E-state index is 11.5. The Morgan fingerprint density at radius 2 is 1.83 bits per heavy atom. The fraction of sp³-hybridized carbons (Fsp3) is 0.900. The van der Waals surface area contributed by atoms with Crippen LogP contribution in [0.15, 0.2) is 0 Å². The quantitative estimate of drug-likeness (QED) is 0.638. The molecule has 0 atom stereocenters. The molecule has 1 saturated carbocycles. The third kappa shape index (κ3) is 2.50. The zero-order valence-electron chi connectivity index (χ0n) is 8.48. The monoisotopic (exact) mass is 169 g/mol. The highest BCUT2D eigenvalue weighted by atomic mass is 16.2. The lowest BCUT2D eigenvalue weighted by Crippen LogP contribution is -2.46. The van der Waals surface area contributed by atoms with Crippen molar-refractivity contribution in [2.24, 2.45) is 11.8 Å². The molecule has 1 amide bonds. The molecule has 70 valence electrons. The van der Waals surface area contributed by atoms with Gasteiger partial charge in [-0.1, -0.05) is 6.92 Å². The van der Waals surface area contributed by atoms with Crippen molar-refractivity contribution in [2.45, 2.75) is 46.1 Å². The molecule has 0 saturated heterocycles. The van der Waals surface area contributed by atoms with E-state index < -0.39 is 0 Å². The van der Waals surface area contributed by atoms with Crippen LogP contribution in [0.1, 0.15) is 40.5 Å². The maximum Gasteiger partial charge on any atom is 0.223 e. The van der Waals surface area contributed by atoms with Gasteiger partial charge in [0.05, 0.1) is 0 Å². The van der Waals surface area contributed by atoms with Gasteiger partial charge in [0, 0.05) is 11.5 Å². The second-order valence-corrected chi connectivity index (χ2v) is 5.01. The molecule has 0 spiro atoms. The zero-order valence-corrected chi connectivity index (χ0v) is 8.48. The molecule has 0 aromatic carbocycles. The first-order chi connectivity index (χ1) is 5.38. The summed E-state index contributed by atoms with van der Waals surface area (Å²) in [7, 11) is 0. The first kappa shape index (κ1) is 9.56. The Morgan fingerprint density at radius 3 is 2.17 bits per heavy atom. The highest BCUT2D eigenvalue weighted by molar-refractivity contribution is 5.80. The van der Waals surface area contributed by atoms with Crippen molar-refractivity contribution in [1.29, 1.82) is 0 Å². The van der Waals surface area contributed by atoms with Gasteiger partial charge in [-0.05, 0) is 39.5 Å². The summed E-state index contributed by atoms with van der Waals surface area (Å²) in [4.78, 5) is 11.5. The summed E-state index contributed by atoms with van der Waals surface area (Å²) < 4.78 is 0. The number of nitrogens with one attached hydrogen (secondary N) is 1. The van der Waals surface area contributed by atoms with E-state index in [1.807, 2.05) is 20.8 Å². The molecule has 1 aliphatic carbocycles. The second kappa shape index (κ2) is 3.08. The van der Waals surface area contributed by atoms with Crippen molar-refractivity contribution < 1.29 is 4.79 Å². The largest absolute Gasteiger partial charge is 0.351 e. The Labute approximate surface area is 74.7 Å². The number of hydrogen-bond donors (Lipinski definition) is 1. The number of carbonyl (C=O) groups excluding carboxylic acids is 1. The fourth-order valence-electron chi connectivity index (χ4n) is 1.59. The van der Waals surface area contributed by atoms with Crippen molar-refractivity contribution >= 4 is 5.91 Å². The molecule has 0 heterocycles. The summed E-state index contributed by atoms with van der Waals surface area (Å²) in [6, 6.07) is 0. The van der Waals surface area contributed by atoms with E-state index in [1.165, 1.54) is 0 Å². The summed E-state index contributed by atoms with van der Waals surface area (Å²) in [5.74, 6) is 1.28. The van der Waals surface area contributed by atoms with Gasteiger partial charge in [0.25, 0.3) is 0 Å². The molecule has 1 fully saturated rings.